The van der Waals surface area contributed by atoms with Crippen LogP contribution in [0.15, 0.2) is 28.7 Å². The summed E-state index contributed by atoms with van der Waals surface area (Å²) in [4.78, 5) is 12.2. The molecule has 0 spiro atoms. The molecule has 2 rings (SSSR count). The second-order valence-corrected chi connectivity index (χ2v) is 6.07. The molecule has 4 heteroatoms. The molecular formula is C14H19BrN2O. The van der Waals surface area contributed by atoms with E-state index < -0.39 is 0 Å². The Balaban J connectivity index is 1.91. The third kappa shape index (κ3) is 3.33. The van der Waals surface area contributed by atoms with Gasteiger partial charge in [-0.3, -0.25) is 4.79 Å². The summed E-state index contributed by atoms with van der Waals surface area (Å²) in [5.41, 5.74) is 0.856. The second kappa shape index (κ2) is 5.85. The number of rotatable bonds is 3. The van der Waals surface area contributed by atoms with Gasteiger partial charge in [-0.2, -0.15) is 0 Å². The molecule has 1 amide bonds. The summed E-state index contributed by atoms with van der Waals surface area (Å²) in [7, 11) is 0. The summed E-state index contributed by atoms with van der Waals surface area (Å²) >= 11 is 3.43. The van der Waals surface area contributed by atoms with Crippen LogP contribution in [0.5, 0.6) is 0 Å². The van der Waals surface area contributed by atoms with Crippen molar-refractivity contribution in [3.8, 4) is 0 Å². The van der Waals surface area contributed by atoms with Crippen molar-refractivity contribution < 1.29 is 4.79 Å². The first-order chi connectivity index (χ1) is 8.60. The predicted molar refractivity (Wildman–Crippen MR) is 76.2 cm³/mol. The quantitative estimate of drug-likeness (QED) is 0.900. The number of carbonyl (C=O) groups excluding carboxylic acids is 1. The van der Waals surface area contributed by atoms with Crippen molar-refractivity contribution in [2.75, 3.05) is 13.1 Å². The highest BCUT2D eigenvalue weighted by molar-refractivity contribution is 9.10. The molecule has 0 aliphatic carbocycles. The van der Waals surface area contributed by atoms with Crippen LogP contribution in [0.3, 0.4) is 0 Å². The second-order valence-electron chi connectivity index (χ2n) is 5.15. The molecule has 0 radical (unpaired) electrons. The van der Waals surface area contributed by atoms with Crippen LogP contribution in [0.2, 0.25) is 0 Å². The molecule has 1 atom stereocenters. The Labute approximate surface area is 116 Å². The normalized spacial score (nSPS) is 23.7. The SMILES string of the molecule is CC1(C(=O)NCc2cccc(Br)c2)CCCNC1. The summed E-state index contributed by atoms with van der Waals surface area (Å²) in [6.07, 6.45) is 2.03. The van der Waals surface area contributed by atoms with Crippen LogP contribution in [0.4, 0.5) is 0 Å². The molecule has 2 N–H and O–H groups in total. The van der Waals surface area contributed by atoms with Crippen molar-refractivity contribution in [3.63, 3.8) is 0 Å². The molecule has 1 aliphatic rings. The van der Waals surface area contributed by atoms with Crippen LogP contribution in [-0.2, 0) is 11.3 Å². The number of carbonyl (C=O) groups is 1. The van der Waals surface area contributed by atoms with Gasteiger partial charge >= 0.3 is 0 Å². The first kappa shape index (κ1) is 13.6. The van der Waals surface area contributed by atoms with Crippen molar-refractivity contribution in [2.45, 2.75) is 26.3 Å². The molecule has 1 fully saturated rings. The molecule has 0 bridgehead atoms. The average Bonchev–Trinajstić information content (AvgIpc) is 2.37. The zero-order valence-electron chi connectivity index (χ0n) is 10.6. The zero-order valence-corrected chi connectivity index (χ0v) is 12.2. The van der Waals surface area contributed by atoms with Crippen LogP contribution >= 0.6 is 15.9 Å². The summed E-state index contributed by atoms with van der Waals surface area (Å²) in [5, 5.41) is 6.33. The first-order valence-corrected chi connectivity index (χ1v) is 7.13. The summed E-state index contributed by atoms with van der Waals surface area (Å²) in [5.74, 6) is 0.148. The molecule has 18 heavy (non-hydrogen) atoms. The van der Waals surface area contributed by atoms with E-state index in [9.17, 15) is 4.79 Å². The Bertz CT molecular complexity index is 428. The molecule has 98 valence electrons. The molecule has 1 heterocycles. The van der Waals surface area contributed by atoms with Crippen molar-refractivity contribution >= 4 is 21.8 Å². The fraction of sp³-hybridized carbons (Fsp3) is 0.500. The molecule has 0 aromatic heterocycles. The van der Waals surface area contributed by atoms with Crippen LogP contribution in [0.1, 0.15) is 25.3 Å². The highest BCUT2D eigenvalue weighted by Crippen LogP contribution is 2.25. The van der Waals surface area contributed by atoms with Crippen LogP contribution in [-0.4, -0.2) is 19.0 Å². The minimum atomic E-state index is -0.260. The third-order valence-corrected chi connectivity index (χ3v) is 3.98. The lowest BCUT2D eigenvalue weighted by molar-refractivity contribution is -0.131. The van der Waals surface area contributed by atoms with E-state index in [0.717, 1.165) is 36.0 Å². The molecule has 1 aliphatic heterocycles. The minimum absolute atomic E-state index is 0.148. The number of nitrogens with one attached hydrogen (secondary N) is 2. The maximum Gasteiger partial charge on any atom is 0.227 e. The fourth-order valence-corrected chi connectivity index (χ4v) is 2.74. The average molecular weight is 311 g/mol. The lowest BCUT2D eigenvalue weighted by Gasteiger charge is -2.32. The monoisotopic (exact) mass is 310 g/mol. The Morgan fingerprint density at radius 2 is 2.39 bits per heavy atom. The van der Waals surface area contributed by atoms with Gasteiger partial charge < -0.3 is 10.6 Å². The predicted octanol–water partition coefficient (Wildman–Crippen LogP) is 2.46. The van der Waals surface area contributed by atoms with Crippen molar-refractivity contribution in [3.05, 3.63) is 34.3 Å². The van der Waals surface area contributed by atoms with Crippen molar-refractivity contribution in [1.82, 2.24) is 10.6 Å². The molecular weight excluding hydrogens is 292 g/mol. The van der Waals surface area contributed by atoms with Gasteiger partial charge in [0.1, 0.15) is 0 Å². The highest BCUT2D eigenvalue weighted by atomic mass is 79.9. The van der Waals surface area contributed by atoms with Gasteiger partial charge in [0.2, 0.25) is 5.91 Å². The molecule has 1 unspecified atom stereocenters. The van der Waals surface area contributed by atoms with E-state index in [2.05, 4.69) is 26.6 Å². The molecule has 0 saturated carbocycles. The fourth-order valence-electron chi connectivity index (χ4n) is 2.29. The maximum atomic E-state index is 12.2. The number of hydrogen-bond donors (Lipinski definition) is 2. The first-order valence-electron chi connectivity index (χ1n) is 6.34. The highest BCUT2D eigenvalue weighted by Gasteiger charge is 2.34. The lowest BCUT2D eigenvalue weighted by atomic mass is 9.82. The number of amides is 1. The Morgan fingerprint density at radius 1 is 1.56 bits per heavy atom. The topological polar surface area (TPSA) is 41.1 Å². The standard InChI is InChI=1S/C14H19BrN2O/c1-14(6-3-7-16-10-14)13(18)17-9-11-4-2-5-12(15)8-11/h2,4-5,8,16H,3,6-7,9-10H2,1H3,(H,17,18). The van der Waals surface area contributed by atoms with E-state index >= 15 is 0 Å². The summed E-state index contributed by atoms with van der Waals surface area (Å²) < 4.78 is 1.04. The van der Waals surface area contributed by atoms with E-state index in [1.54, 1.807) is 0 Å². The summed E-state index contributed by atoms with van der Waals surface area (Å²) in [6, 6.07) is 8.02. The third-order valence-electron chi connectivity index (χ3n) is 3.49. The van der Waals surface area contributed by atoms with Crippen molar-refractivity contribution in [1.29, 1.82) is 0 Å². The summed E-state index contributed by atoms with van der Waals surface area (Å²) in [6.45, 7) is 4.43. The van der Waals surface area contributed by atoms with Crippen LogP contribution in [0.25, 0.3) is 0 Å². The van der Waals surface area contributed by atoms with Gasteiger partial charge in [0.25, 0.3) is 0 Å². The van der Waals surface area contributed by atoms with Gasteiger partial charge in [-0.15, -0.1) is 0 Å². The minimum Gasteiger partial charge on any atom is -0.352 e. The largest absolute Gasteiger partial charge is 0.352 e. The van der Waals surface area contributed by atoms with Gasteiger partial charge in [-0.05, 0) is 44.0 Å². The van der Waals surface area contributed by atoms with E-state index in [1.165, 1.54) is 0 Å². The molecule has 1 aromatic rings. The Hall–Kier alpha value is -0.870. The van der Waals surface area contributed by atoms with Crippen molar-refractivity contribution in [2.24, 2.45) is 5.41 Å². The van der Waals surface area contributed by atoms with Gasteiger partial charge in [0.15, 0.2) is 0 Å². The Kier molecular flexibility index (Phi) is 4.40. The van der Waals surface area contributed by atoms with E-state index in [0.29, 0.717) is 6.54 Å². The lowest BCUT2D eigenvalue weighted by Crippen LogP contribution is -2.48. The zero-order chi connectivity index (χ0) is 13.0. The van der Waals surface area contributed by atoms with E-state index in [4.69, 9.17) is 0 Å². The van der Waals surface area contributed by atoms with Gasteiger partial charge in [0, 0.05) is 17.6 Å². The number of benzene rings is 1. The van der Waals surface area contributed by atoms with Crippen LogP contribution in [0, 0.1) is 5.41 Å². The number of piperidine rings is 1. The smallest absolute Gasteiger partial charge is 0.227 e. The molecule has 3 nitrogen and oxygen atoms in total. The Morgan fingerprint density at radius 3 is 3.06 bits per heavy atom. The van der Waals surface area contributed by atoms with Gasteiger partial charge in [0.05, 0.1) is 5.41 Å². The van der Waals surface area contributed by atoms with E-state index in [1.807, 2.05) is 31.2 Å². The van der Waals surface area contributed by atoms with E-state index in [-0.39, 0.29) is 11.3 Å². The van der Waals surface area contributed by atoms with Gasteiger partial charge in [-0.1, -0.05) is 28.1 Å². The van der Waals surface area contributed by atoms with Crippen LogP contribution < -0.4 is 10.6 Å². The van der Waals surface area contributed by atoms with Gasteiger partial charge in [-0.25, -0.2) is 0 Å². The molecule has 1 aromatic carbocycles. The molecule has 1 saturated heterocycles. The number of halogens is 1. The maximum absolute atomic E-state index is 12.2. The number of hydrogen-bond acceptors (Lipinski definition) is 2.